The highest BCUT2D eigenvalue weighted by Gasteiger charge is 2.38. The fourth-order valence-corrected chi connectivity index (χ4v) is 5.29. The highest BCUT2D eigenvalue weighted by molar-refractivity contribution is 6.32. The van der Waals surface area contributed by atoms with Crippen LogP contribution in [-0.4, -0.2) is 100 Å². The standard InChI is InChI=1S/C28H34Cl2N4O6.C2HF3O2/c1-16(35)31-21-12-20(30)25(40-28(2,3)27(38)39)13-23(21)34-14-22(24(36)15-34)32-19-8-10-33(11-9-19)26(37)17-4-6-18(29)7-5-17;3-2(4,5)1(6)7/h4-7,12-13,19,22,24,32,36H,8-11,14-15H2,1-3H3,(H,31,35)(H,38,39);(H,6,7)/t22?,24-;/m1./s1. The predicted octanol–water partition coefficient (Wildman–Crippen LogP) is 4.27. The Kier molecular flexibility index (Phi) is 12.3. The molecule has 2 aromatic rings. The Morgan fingerprint density at radius 1 is 0.957 bits per heavy atom. The lowest BCUT2D eigenvalue weighted by atomic mass is 10.0. The van der Waals surface area contributed by atoms with Crippen LogP contribution in [0.3, 0.4) is 0 Å². The maximum atomic E-state index is 12.8. The van der Waals surface area contributed by atoms with Gasteiger partial charge in [-0.2, -0.15) is 13.2 Å². The van der Waals surface area contributed by atoms with E-state index in [0.717, 1.165) is 12.8 Å². The number of alkyl halides is 3. The number of carboxylic acid groups (broad SMARTS) is 2. The Bertz CT molecular complexity index is 1470. The number of amides is 2. The van der Waals surface area contributed by atoms with E-state index >= 15 is 0 Å². The van der Waals surface area contributed by atoms with Gasteiger partial charge in [0.1, 0.15) is 5.75 Å². The lowest BCUT2D eigenvalue weighted by Crippen LogP contribution is -2.50. The minimum atomic E-state index is -5.08. The number of nitrogens with one attached hydrogen (secondary N) is 2. The molecule has 0 aromatic heterocycles. The molecule has 0 spiro atoms. The molecular formula is C30H35Cl2F3N4O8. The van der Waals surface area contributed by atoms with Crippen LogP contribution in [0.4, 0.5) is 24.5 Å². The van der Waals surface area contributed by atoms with Crippen LogP contribution in [0.15, 0.2) is 36.4 Å². The summed E-state index contributed by atoms with van der Waals surface area (Å²) in [6.07, 6.45) is -4.30. The largest absolute Gasteiger partial charge is 0.490 e. The molecule has 2 saturated heterocycles. The molecule has 2 atom stereocenters. The van der Waals surface area contributed by atoms with Gasteiger partial charge in [-0.1, -0.05) is 23.2 Å². The molecule has 2 aromatic carbocycles. The summed E-state index contributed by atoms with van der Waals surface area (Å²) in [5, 5.41) is 34.6. The van der Waals surface area contributed by atoms with Crippen molar-refractivity contribution in [3.05, 3.63) is 52.0 Å². The third-order valence-corrected chi connectivity index (χ3v) is 7.98. The van der Waals surface area contributed by atoms with E-state index in [1.165, 1.54) is 26.8 Å². The van der Waals surface area contributed by atoms with Gasteiger partial charge >= 0.3 is 18.1 Å². The van der Waals surface area contributed by atoms with Gasteiger partial charge < -0.3 is 40.5 Å². The third-order valence-electron chi connectivity index (χ3n) is 7.44. The van der Waals surface area contributed by atoms with Crippen LogP contribution in [0.25, 0.3) is 0 Å². The molecule has 0 radical (unpaired) electrons. The molecule has 2 aliphatic rings. The van der Waals surface area contributed by atoms with Crippen molar-refractivity contribution in [2.24, 2.45) is 0 Å². The van der Waals surface area contributed by atoms with Crippen LogP contribution in [0, 0.1) is 0 Å². The number of hydrogen-bond donors (Lipinski definition) is 5. The number of benzene rings is 2. The van der Waals surface area contributed by atoms with E-state index < -0.39 is 29.8 Å². The first kappa shape index (κ1) is 37.7. The molecule has 2 amide bonds. The third kappa shape index (κ3) is 10.3. The first-order valence-corrected chi connectivity index (χ1v) is 15.1. The normalized spacial score (nSPS) is 18.7. The summed E-state index contributed by atoms with van der Waals surface area (Å²) in [4.78, 5) is 49.0. The van der Waals surface area contributed by atoms with Crippen molar-refractivity contribution in [3.8, 4) is 5.75 Å². The number of carbonyl (C=O) groups is 4. The van der Waals surface area contributed by atoms with Gasteiger partial charge in [0.2, 0.25) is 5.91 Å². The zero-order valence-electron chi connectivity index (χ0n) is 25.6. The Hall–Kier alpha value is -3.79. The summed E-state index contributed by atoms with van der Waals surface area (Å²) in [7, 11) is 0. The summed E-state index contributed by atoms with van der Waals surface area (Å²) in [5.41, 5.74) is 0.0579. The lowest BCUT2D eigenvalue weighted by Gasteiger charge is -2.34. The van der Waals surface area contributed by atoms with Crippen molar-refractivity contribution in [3.63, 3.8) is 0 Å². The van der Waals surface area contributed by atoms with Crippen LogP contribution in [-0.2, 0) is 14.4 Å². The lowest BCUT2D eigenvalue weighted by molar-refractivity contribution is -0.192. The monoisotopic (exact) mass is 706 g/mol. The summed E-state index contributed by atoms with van der Waals surface area (Å²) < 4.78 is 37.4. The van der Waals surface area contributed by atoms with Crippen molar-refractivity contribution in [1.82, 2.24) is 10.2 Å². The van der Waals surface area contributed by atoms with Gasteiger partial charge in [0, 0.05) is 55.8 Å². The number of piperidine rings is 1. The molecule has 5 N–H and O–H groups in total. The number of nitrogens with zero attached hydrogens (tertiary/aromatic N) is 2. The Labute approximate surface area is 278 Å². The summed E-state index contributed by atoms with van der Waals surface area (Å²) in [6.45, 7) is 6.11. The van der Waals surface area contributed by atoms with Gasteiger partial charge in [-0.15, -0.1) is 0 Å². The molecule has 2 heterocycles. The van der Waals surface area contributed by atoms with E-state index in [2.05, 4.69) is 10.6 Å². The number of aliphatic hydroxyl groups is 1. The SMILES string of the molecule is CC(=O)Nc1cc(Cl)c(OC(C)(C)C(=O)O)cc1N1CC(NC2CCN(C(=O)c3ccc(Cl)cc3)CC2)[C@H](O)C1.O=C(O)C(F)(F)F. The highest BCUT2D eigenvalue weighted by atomic mass is 35.5. The first-order valence-electron chi connectivity index (χ1n) is 14.4. The molecule has 4 rings (SSSR count). The van der Waals surface area contributed by atoms with Crippen LogP contribution in [0.5, 0.6) is 5.75 Å². The molecule has 0 bridgehead atoms. The molecule has 17 heteroatoms. The highest BCUT2D eigenvalue weighted by Crippen LogP contribution is 2.39. The Balaban J connectivity index is 0.000000771. The first-order chi connectivity index (χ1) is 21.8. The number of carbonyl (C=O) groups excluding carboxylic acids is 2. The number of likely N-dealkylation sites (tertiary alicyclic amines) is 1. The molecule has 0 saturated carbocycles. The second kappa shape index (κ2) is 15.4. The Morgan fingerprint density at radius 3 is 2.04 bits per heavy atom. The second-order valence-electron chi connectivity index (χ2n) is 11.5. The molecule has 1 unspecified atom stereocenters. The maximum Gasteiger partial charge on any atom is 0.490 e. The minimum Gasteiger partial charge on any atom is -0.478 e. The van der Waals surface area contributed by atoms with E-state index in [4.69, 9.17) is 37.8 Å². The van der Waals surface area contributed by atoms with Crippen molar-refractivity contribution >= 4 is 58.3 Å². The molecule has 47 heavy (non-hydrogen) atoms. The molecule has 2 aliphatic heterocycles. The van der Waals surface area contributed by atoms with E-state index in [1.807, 2.05) is 9.80 Å². The minimum absolute atomic E-state index is 0.0282. The number of aliphatic hydroxyl groups excluding tert-OH is 1. The predicted molar refractivity (Wildman–Crippen MR) is 167 cm³/mol. The van der Waals surface area contributed by atoms with E-state index in [1.54, 1.807) is 30.3 Å². The zero-order valence-corrected chi connectivity index (χ0v) is 27.1. The number of halogens is 5. The Morgan fingerprint density at radius 2 is 1.53 bits per heavy atom. The number of carboxylic acids is 2. The number of β-amino-alcohol motifs (C(OH)–C–C–N with tert-alkyl or cyclic N) is 1. The number of rotatable bonds is 8. The molecular weight excluding hydrogens is 672 g/mol. The van der Waals surface area contributed by atoms with E-state index in [9.17, 15) is 37.8 Å². The van der Waals surface area contributed by atoms with Crippen LogP contribution in [0.2, 0.25) is 10.0 Å². The van der Waals surface area contributed by atoms with Crippen molar-refractivity contribution < 1.29 is 52.4 Å². The smallest absolute Gasteiger partial charge is 0.478 e. The molecule has 0 aliphatic carbocycles. The number of hydrogen-bond acceptors (Lipinski definition) is 8. The van der Waals surface area contributed by atoms with Gasteiger partial charge in [0.05, 0.1) is 28.5 Å². The summed E-state index contributed by atoms with van der Waals surface area (Å²) in [5.74, 6) is -4.09. The van der Waals surface area contributed by atoms with Gasteiger partial charge in [-0.3, -0.25) is 9.59 Å². The van der Waals surface area contributed by atoms with Gasteiger partial charge in [0.25, 0.3) is 5.91 Å². The van der Waals surface area contributed by atoms with Crippen LogP contribution >= 0.6 is 23.2 Å². The zero-order chi connectivity index (χ0) is 35.3. The van der Waals surface area contributed by atoms with Crippen molar-refractivity contribution in [2.75, 3.05) is 36.4 Å². The number of ether oxygens (including phenoxy) is 1. The molecule has 12 nitrogen and oxygen atoms in total. The quantitative estimate of drug-likeness (QED) is 0.267. The van der Waals surface area contributed by atoms with Gasteiger partial charge in [-0.05, 0) is 57.0 Å². The van der Waals surface area contributed by atoms with E-state index in [0.29, 0.717) is 41.6 Å². The van der Waals surface area contributed by atoms with Crippen LogP contribution < -0.4 is 20.3 Å². The number of anilines is 2. The molecule has 2 fully saturated rings. The number of aliphatic carboxylic acids is 2. The molecule has 258 valence electrons. The van der Waals surface area contributed by atoms with Crippen molar-refractivity contribution in [2.45, 2.75) is 63.6 Å². The summed E-state index contributed by atoms with van der Waals surface area (Å²) >= 11 is 12.3. The average molecular weight is 708 g/mol. The van der Waals surface area contributed by atoms with Crippen molar-refractivity contribution in [1.29, 1.82) is 0 Å². The summed E-state index contributed by atoms with van der Waals surface area (Å²) in [6, 6.07) is 9.83. The van der Waals surface area contributed by atoms with Gasteiger partial charge in [0.15, 0.2) is 5.60 Å². The average Bonchev–Trinajstić information content (AvgIpc) is 3.33. The fourth-order valence-electron chi connectivity index (χ4n) is 4.97. The van der Waals surface area contributed by atoms with Crippen LogP contribution in [0.1, 0.15) is 44.0 Å². The fraction of sp³-hybridized carbons (Fsp3) is 0.467. The maximum absolute atomic E-state index is 12.8. The topological polar surface area (TPSA) is 169 Å². The van der Waals surface area contributed by atoms with E-state index in [-0.39, 0.29) is 41.2 Å². The second-order valence-corrected chi connectivity index (χ2v) is 12.4. The van der Waals surface area contributed by atoms with Gasteiger partial charge in [-0.25, -0.2) is 9.59 Å².